The fraction of sp³-hybridized carbons (Fsp3) is 0.613. The van der Waals surface area contributed by atoms with Gasteiger partial charge in [-0.1, -0.05) is 0 Å². The molecule has 3 saturated heterocycles. The number of nitrogens with zero attached hydrogens (tertiary/aromatic N) is 6. The van der Waals surface area contributed by atoms with Gasteiger partial charge >= 0.3 is 6.09 Å². The third-order valence-electron chi connectivity index (χ3n) is 8.73. The van der Waals surface area contributed by atoms with Crippen LogP contribution in [0.1, 0.15) is 44.1 Å². The summed E-state index contributed by atoms with van der Waals surface area (Å²) in [5.41, 5.74) is 3.37. The highest BCUT2D eigenvalue weighted by Crippen LogP contribution is 2.43. The zero-order valence-electron chi connectivity index (χ0n) is 27.4. The number of ether oxygens (including phenoxy) is 3. The molecule has 0 unspecified atom stereocenters. The molecule has 1 N–H and O–H groups in total. The number of methoxy groups -OCH3 is 1. The van der Waals surface area contributed by atoms with Gasteiger partial charge in [0, 0.05) is 60.3 Å². The van der Waals surface area contributed by atoms with Crippen LogP contribution in [0.2, 0.25) is 0 Å². The van der Waals surface area contributed by atoms with Crippen molar-refractivity contribution in [1.82, 2.24) is 24.8 Å². The number of nitrogens with one attached hydrogen (secondary N) is 1. The van der Waals surface area contributed by atoms with E-state index in [1.807, 2.05) is 25.7 Å². The third kappa shape index (κ3) is 7.02. The highest BCUT2D eigenvalue weighted by atomic mass is 32.2. The van der Waals surface area contributed by atoms with E-state index in [2.05, 4.69) is 26.4 Å². The summed E-state index contributed by atoms with van der Waals surface area (Å²) < 4.78 is 44.2. The summed E-state index contributed by atoms with van der Waals surface area (Å²) in [6.45, 7) is 14.5. The molecule has 13 nitrogen and oxygen atoms in total. The van der Waals surface area contributed by atoms with Crippen LogP contribution in [-0.2, 0) is 26.0 Å². The molecule has 250 valence electrons. The zero-order valence-corrected chi connectivity index (χ0v) is 29.0. The number of morpholine rings is 1. The number of aryl methyl sites for hydroxylation is 1. The van der Waals surface area contributed by atoms with Crippen molar-refractivity contribution < 1.29 is 27.4 Å². The second kappa shape index (κ2) is 12.4. The Bertz CT molecular complexity index is 1720. The van der Waals surface area contributed by atoms with Crippen molar-refractivity contribution in [2.45, 2.75) is 52.7 Å². The Morgan fingerprint density at radius 2 is 1.83 bits per heavy atom. The van der Waals surface area contributed by atoms with Gasteiger partial charge in [-0.3, -0.25) is 9.62 Å². The van der Waals surface area contributed by atoms with Crippen LogP contribution in [0.25, 0.3) is 21.5 Å². The van der Waals surface area contributed by atoms with Gasteiger partial charge in [-0.15, -0.1) is 11.3 Å². The highest BCUT2D eigenvalue weighted by molar-refractivity contribution is 7.92. The molecule has 1 spiro atoms. The molecule has 3 aromatic rings. The number of amides is 1. The Balaban J connectivity index is 1.27. The van der Waals surface area contributed by atoms with Crippen LogP contribution in [0.5, 0.6) is 5.88 Å². The van der Waals surface area contributed by atoms with Crippen LogP contribution >= 0.6 is 11.3 Å². The molecule has 6 heterocycles. The van der Waals surface area contributed by atoms with Crippen LogP contribution in [0.3, 0.4) is 0 Å². The molecule has 0 atom stereocenters. The predicted molar refractivity (Wildman–Crippen MR) is 178 cm³/mol. The van der Waals surface area contributed by atoms with Crippen molar-refractivity contribution in [1.29, 1.82) is 0 Å². The number of hydrogen-bond acceptors (Lipinski definition) is 12. The number of anilines is 2. The summed E-state index contributed by atoms with van der Waals surface area (Å²) in [7, 11) is -2.12. The number of aromatic nitrogens is 3. The Morgan fingerprint density at radius 3 is 2.46 bits per heavy atom. The molecule has 0 aliphatic carbocycles. The zero-order chi connectivity index (χ0) is 32.9. The smallest absolute Gasteiger partial charge is 0.410 e. The molecule has 0 bridgehead atoms. The molecule has 6 rings (SSSR count). The van der Waals surface area contributed by atoms with E-state index in [0.717, 1.165) is 62.0 Å². The fourth-order valence-corrected chi connectivity index (χ4v) is 8.03. The first-order chi connectivity index (χ1) is 21.7. The van der Waals surface area contributed by atoms with Crippen LogP contribution in [-0.4, -0.2) is 111 Å². The number of hydrogen-bond donors (Lipinski definition) is 1. The van der Waals surface area contributed by atoms with Crippen molar-refractivity contribution in [3.63, 3.8) is 0 Å². The van der Waals surface area contributed by atoms with Gasteiger partial charge in [0.2, 0.25) is 21.9 Å². The maximum atomic E-state index is 12.5. The van der Waals surface area contributed by atoms with E-state index in [1.54, 1.807) is 23.6 Å². The number of carbonyl (C=O) groups is 1. The van der Waals surface area contributed by atoms with Crippen LogP contribution in [0.15, 0.2) is 12.3 Å². The first kappa shape index (κ1) is 32.7. The van der Waals surface area contributed by atoms with Gasteiger partial charge in [0.05, 0.1) is 42.5 Å². The maximum Gasteiger partial charge on any atom is 0.410 e. The number of carbonyl (C=O) groups excluding carboxylic acids is 1. The standard InChI is InChI=1S/C31H43N7O6S2/c1-20-22(17-36-9-7-31(8-10-36)18-38(19-31)29(39)44-30(2,3)4)25-26(45-20)24(33-28(34-25)37-11-13-43-14-12-37)21-15-23(35-46(6,40)41)27(42-5)32-16-21/h15-16,35H,7-14,17-19H2,1-6H3. The molecule has 3 aliphatic heterocycles. The molecule has 1 amide bonds. The number of rotatable bonds is 7. The first-order valence-corrected chi connectivity index (χ1v) is 18.3. The third-order valence-corrected chi connectivity index (χ3v) is 10.5. The number of fused-ring (bicyclic) bond motifs is 1. The average molecular weight is 674 g/mol. The first-order valence-electron chi connectivity index (χ1n) is 15.6. The van der Waals surface area contributed by atoms with Crippen molar-refractivity contribution >= 4 is 49.3 Å². The lowest BCUT2D eigenvalue weighted by Gasteiger charge is -2.53. The molecule has 0 saturated carbocycles. The monoisotopic (exact) mass is 673 g/mol. The molecule has 3 aliphatic rings. The van der Waals surface area contributed by atoms with E-state index in [-0.39, 0.29) is 23.1 Å². The number of pyridine rings is 1. The molecule has 0 radical (unpaired) electrons. The Kier molecular flexibility index (Phi) is 8.80. The van der Waals surface area contributed by atoms with Gasteiger partial charge in [-0.05, 0) is 59.7 Å². The van der Waals surface area contributed by atoms with Crippen molar-refractivity contribution in [3.05, 3.63) is 22.7 Å². The van der Waals surface area contributed by atoms with Crippen LogP contribution < -0.4 is 14.4 Å². The molecular formula is C31H43N7O6S2. The lowest BCUT2D eigenvalue weighted by Crippen LogP contribution is -2.62. The van der Waals surface area contributed by atoms with Gasteiger partial charge in [0.25, 0.3) is 0 Å². The topological polar surface area (TPSA) is 139 Å². The molecule has 15 heteroatoms. The molecular weight excluding hydrogens is 631 g/mol. The van der Waals surface area contributed by atoms with Crippen LogP contribution in [0.4, 0.5) is 16.4 Å². The van der Waals surface area contributed by atoms with Crippen LogP contribution in [0, 0.1) is 12.3 Å². The minimum atomic E-state index is -3.57. The number of sulfonamides is 1. The number of thiophene rings is 1. The summed E-state index contributed by atoms with van der Waals surface area (Å²) in [5, 5.41) is 0. The van der Waals surface area contributed by atoms with E-state index in [0.29, 0.717) is 43.5 Å². The second-order valence-corrected chi connectivity index (χ2v) is 16.5. The quantitative estimate of drug-likeness (QED) is 0.388. The van der Waals surface area contributed by atoms with E-state index < -0.39 is 15.6 Å². The largest absolute Gasteiger partial charge is 0.480 e. The summed E-state index contributed by atoms with van der Waals surface area (Å²) in [4.78, 5) is 34.7. The van der Waals surface area contributed by atoms with E-state index >= 15 is 0 Å². The van der Waals surface area contributed by atoms with E-state index in [4.69, 9.17) is 24.2 Å². The average Bonchev–Trinajstić information content (AvgIpc) is 3.29. The van der Waals surface area contributed by atoms with E-state index in [1.165, 1.54) is 17.6 Å². The lowest BCUT2D eigenvalue weighted by molar-refractivity contribution is -0.0600. The molecule has 0 aromatic carbocycles. The lowest BCUT2D eigenvalue weighted by atomic mass is 9.72. The van der Waals surface area contributed by atoms with E-state index in [9.17, 15) is 13.2 Å². The Labute approximate surface area is 274 Å². The minimum absolute atomic E-state index is 0.164. The molecule has 3 aromatic heterocycles. The van der Waals surface area contributed by atoms with Crippen molar-refractivity contribution in [3.8, 4) is 17.1 Å². The SMILES string of the molecule is COc1ncc(-c2nc(N3CCOCC3)nc3c(CN4CCC5(CC4)CN(C(=O)OC(C)(C)C)C5)c(C)sc23)cc1NS(C)(=O)=O. The highest BCUT2D eigenvalue weighted by Gasteiger charge is 2.47. The Hall–Kier alpha value is -3.27. The fourth-order valence-electron chi connectivity index (χ4n) is 6.37. The summed E-state index contributed by atoms with van der Waals surface area (Å²) in [6.07, 6.45) is 4.59. The van der Waals surface area contributed by atoms with Crippen molar-refractivity contribution in [2.24, 2.45) is 5.41 Å². The van der Waals surface area contributed by atoms with Gasteiger partial charge in [-0.2, -0.15) is 0 Å². The predicted octanol–water partition coefficient (Wildman–Crippen LogP) is 4.11. The van der Waals surface area contributed by atoms with Gasteiger partial charge in [0.1, 0.15) is 11.3 Å². The Morgan fingerprint density at radius 1 is 1.13 bits per heavy atom. The van der Waals surface area contributed by atoms with Gasteiger partial charge in [-0.25, -0.2) is 28.2 Å². The second-order valence-electron chi connectivity index (χ2n) is 13.6. The summed E-state index contributed by atoms with van der Waals surface area (Å²) in [5.74, 6) is 0.798. The maximum absolute atomic E-state index is 12.5. The number of likely N-dealkylation sites (tertiary alicyclic amines) is 2. The van der Waals surface area contributed by atoms with Crippen molar-refractivity contribution in [2.75, 3.05) is 75.5 Å². The summed E-state index contributed by atoms with van der Waals surface area (Å²) >= 11 is 1.65. The summed E-state index contributed by atoms with van der Waals surface area (Å²) in [6, 6.07) is 1.72. The minimum Gasteiger partial charge on any atom is -0.480 e. The molecule has 3 fully saturated rings. The van der Waals surface area contributed by atoms with Gasteiger partial charge < -0.3 is 24.0 Å². The normalized spacial score (nSPS) is 18.9. The van der Waals surface area contributed by atoms with Gasteiger partial charge in [0.15, 0.2) is 0 Å². The number of piperidine rings is 1. The molecule has 46 heavy (non-hydrogen) atoms.